The third kappa shape index (κ3) is 3.61. The van der Waals surface area contributed by atoms with Crippen LogP contribution < -0.4 is 4.74 Å². The van der Waals surface area contributed by atoms with E-state index in [-0.39, 0.29) is 0 Å². The number of nitrogens with zero attached hydrogens (tertiary/aromatic N) is 1. The SMILES string of the molecule is COc1cc(C)c(Cl)cc1-c1cc(C(=O)O)c(C)n1CC1CCCCC1. The lowest BCUT2D eigenvalue weighted by Crippen LogP contribution is -2.16. The number of aromatic carboxylic acids is 1. The van der Waals surface area contributed by atoms with Gasteiger partial charge in [0.15, 0.2) is 0 Å². The van der Waals surface area contributed by atoms with Gasteiger partial charge in [0.25, 0.3) is 0 Å². The van der Waals surface area contributed by atoms with Crippen LogP contribution in [0.1, 0.15) is 53.7 Å². The number of aryl methyl sites for hydroxylation is 1. The zero-order valence-corrected chi connectivity index (χ0v) is 16.4. The Morgan fingerprint density at radius 3 is 2.54 bits per heavy atom. The van der Waals surface area contributed by atoms with Gasteiger partial charge in [0.2, 0.25) is 0 Å². The molecule has 4 nitrogen and oxygen atoms in total. The second kappa shape index (κ2) is 7.75. The number of benzene rings is 1. The standard InChI is InChI=1S/C21H26ClNO3/c1-13-9-20(26-3)17(10-18(13)22)19-11-16(21(24)25)14(2)23(19)12-15-7-5-4-6-8-15/h9-11,15H,4-8,12H2,1-3H3,(H,24,25). The van der Waals surface area contributed by atoms with E-state index < -0.39 is 5.97 Å². The van der Waals surface area contributed by atoms with Crippen molar-refractivity contribution in [2.45, 2.75) is 52.5 Å². The van der Waals surface area contributed by atoms with Gasteiger partial charge in [-0.2, -0.15) is 0 Å². The van der Waals surface area contributed by atoms with E-state index in [1.54, 1.807) is 13.2 Å². The topological polar surface area (TPSA) is 51.5 Å². The zero-order valence-electron chi connectivity index (χ0n) is 15.6. The smallest absolute Gasteiger partial charge is 0.337 e. The van der Waals surface area contributed by atoms with Crippen molar-refractivity contribution in [3.8, 4) is 17.0 Å². The van der Waals surface area contributed by atoms with Crippen LogP contribution in [0, 0.1) is 19.8 Å². The molecule has 0 radical (unpaired) electrons. The first kappa shape index (κ1) is 18.8. The number of hydrogen-bond donors (Lipinski definition) is 1. The molecule has 1 fully saturated rings. The van der Waals surface area contributed by atoms with E-state index >= 15 is 0 Å². The molecule has 1 aliphatic rings. The highest BCUT2D eigenvalue weighted by molar-refractivity contribution is 6.31. The summed E-state index contributed by atoms with van der Waals surface area (Å²) in [5.74, 6) is 0.400. The molecule has 0 atom stereocenters. The highest BCUT2D eigenvalue weighted by atomic mass is 35.5. The van der Waals surface area contributed by atoms with Crippen LogP contribution in [0.3, 0.4) is 0 Å². The molecule has 0 aliphatic heterocycles. The molecule has 1 heterocycles. The van der Waals surface area contributed by atoms with E-state index in [1.807, 2.05) is 26.0 Å². The highest BCUT2D eigenvalue weighted by Crippen LogP contribution is 2.38. The monoisotopic (exact) mass is 375 g/mol. The fourth-order valence-electron chi connectivity index (χ4n) is 3.97. The van der Waals surface area contributed by atoms with Gasteiger partial charge >= 0.3 is 5.97 Å². The van der Waals surface area contributed by atoms with Gasteiger partial charge in [-0.05, 0) is 56.4 Å². The van der Waals surface area contributed by atoms with Crippen molar-refractivity contribution in [1.82, 2.24) is 4.57 Å². The van der Waals surface area contributed by atoms with E-state index in [2.05, 4.69) is 4.57 Å². The predicted octanol–water partition coefficient (Wildman–Crippen LogP) is 5.71. The molecule has 1 aromatic carbocycles. The fourth-order valence-corrected chi connectivity index (χ4v) is 4.14. The van der Waals surface area contributed by atoms with Crippen LogP contribution in [0.4, 0.5) is 0 Å². The third-order valence-corrected chi connectivity index (χ3v) is 5.93. The Morgan fingerprint density at radius 2 is 1.92 bits per heavy atom. The first-order chi connectivity index (χ1) is 12.4. The summed E-state index contributed by atoms with van der Waals surface area (Å²) in [7, 11) is 1.63. The lowest BCUT2D eigenvalue weighted by molar-refractivity contribution is 0.0696. The van der Waals surface area contributed by atoms with Crippen molar-refractivity contribution < 1.29 is 14.6 Å². The fraction of sp³-hybridized carbons (Fsp3) is 0.476. The van der Waals surface area contributed by atoms with Gasteiger partial charge in [-0.15, -0.1) is 0 Å². The Morgan fingerprint density at radius 1 is 1.23 bits per heavy atom. The maximum Gasteiger partial charge on any atom is 0.337 e. The van der Waals surface area contributed by atoms with Gasteiger partial charge in [-0.1, -0.05) is 30.9 Å². The van der Waals surface area contributed by atoms with Crippen LogP contribution >= 0.6 is 11.6 Å². The number of rotatable bonds is 5. The van der Waals surface area contributed by atoms with Gasteiger partial charge in [0.1, 0.15) is 5.75 Å². The highest BCUT2D eigenvalue weighted by Gasteiger charge is 2.23. The van der Waals surface area contributed by atoms with Crippen LogP contribution in [0.25, 0.3) is 11.3 Å². The average molecular weight is 376 g/mol. The van der Waals surface area contributed by atoms with Gasteiger partial charge in [0, 0.05) is 22.8 Å². The van der Waals surface area contributed by atoms with Crippen LogP contribution in [-0.2, 0) is 6.54 Å². The Kier molecular flexibility index (Phi) is 5.61. The van der Waals surface area contributed by atoms with E-state index in [1.165, 1.54) is 32.1 Å². The number of aromatic nitrogens is 1. The maximum atomic E-state index is 11.7. The van der Waals surface area contributed by atoms with Crippen molar-refractivity contribution in [2.75, 3.05) is 7.11 Å². The Hall–Kier alpha value is -1.94. The van der Waals surface area contributed by atoms with Crippen LogP contribution in [0.15, 0.2) is 18.2 Å². The normalized spacial score (nSPS) is 15.2. The molecule has 0 unspecified atom stereocenters. The largest absolute Gasteiger partial charge is 0.496 e. The molecule has 3 rings (SSSR count). The zero-order chi connectivity index (χ0) is 18.8. The summed E-state index contributed by atoms with van der Waals surface area (Å²) in [6.07, 6.45) is 6.21. The third-order valence-electron chi connectivity index (χ3n) is 5.52. The predicted molar refractivity (Wildman–Crippen MR) is 104 cm³/mol. The molecule has 26 heavy (non-hydrogen) atoms. The maximum absolute atomic E-state index is 11.7. The van der Waals surface area contributed by atoms with Gasteiger partial charge in [0.05, 0.1) is 18.4 Å². The lowest BCUT2D eigenvalue weighted by Gasteiger charge is -2.24. The number of halogens is 1. The molecule has 2 aromatic rings. The van der Waals surface area contributed by atoms with Crippen molar-refractivity contribution in [3.63, 3.8) is 0 Å². The minimum Gasteiger partial charge on any atom is -0.496 e. The van der Waals surface area contributed by atoms with Crippen LogP contribution in [0.2, 0.25) is 5.02 Å². The second-order valence-corrected chi connectivity index (χ2v) is 7.66. The Bertz CT molecular complexity index is 819. The van der Waals surface area contributed by atoms with Crippen molar-refractivity contribution in [1.29, 1.82) is 0 Å². The molecule has 0 spiro atoms. The van der Waals surface area contributed by atoms with Gasteiger partial charge in [-0.3, -0.25) is 0 Å². The average Bonchev–Trinajstić information content (AvgIpc) is 2.94. The van der Waals surface area contributed by atoms with Gasteiger partial charge < -0.3 is 14.4 Å². The molecule has 1 N–H and O–H groups in total. The number of methoxy groups -OCH3 is 1. The number of carboxylic acid groups (broad SMARTS) is 1. The van der Waals surface area contributed by atoms with Crippen LogP contribution in [-0.4, -0.2) is 22.8 Å². The minimum absolute atomic E-state index is 0.342. The molecular weight excluding hydrogens is 350 g/mol. The Labute approximate surface area is 159 Å². The molecule has 0 saturated heterocycles. The van der Waals surface area contributed by atoms with E-state index in [4.69, 9.17) is 16.3 Å². The molecule has 5 heteroatoms. The molecule has 1 aromatic heterocycles. The molecule has 0 bridgehead atoms. The molecule has 140 valence electrons. The van der Waals surface area contributed by atoms with Gasteiger partial charge in [-0.25, -0.2) is 4.79 Å². The Balaban J connectivity index is 2.12. The van der Waals surface area contributed by atoms with E-state index in [0.29, 0.717) is 22.3 Å². The summed E-state index contributed by atoms with van der Waals surface area (Å²) in [5.41, 5.74) is 3.78. The van der Waals surface area contributed by atoms with E-state index in [9.17, 15) is 9.90 Å². The first-order valence-corrected chi connectivity index (χ1v) is 9.58. The first-order valence-electron chi connectivity index (χ1n) is 9.20. The number of ether oxygens (including phenoxy) is 1. The molecule has 1 aliphatic carbocycles. The molecule has 1 saturated carbocycles. The summed E-state index contributed by atoms with van der Waals surface area (Å²) in [6, 6.07) is 5.54. The summed E-state index contributed by atoms with van der Waals surface area (Å²) in [6.45, 7) is 4.66. The number of carbonyl (C=O) groups is 1. The quantitative estimate of drug-likeness (QED) is 0.727. The summed E-state index contributed by atoms with van der Waals surface area (Å²) in [4.78, 5) is 11.7. The summed E-state index contributed by atoms with van der Waals surface area (Å²) >= 11 is 6.36. The lowest BCUT2D eigenvalue weighted by atomic mass is 9.89. The molecular formula is C21H26ClNO3. The summed E-state index contributed by atoms with van der Waals surface area (Å²) in [5, 5.41) is 10.3. The van der Waals surface area contributed by atoms with Crippen LogP contribution in [0.5, 0.6) is 5.75 Å². The number of hydrogen-bond acceptors (Lipinski definition) is 2. The number of carboxylic acids is 1. The van der Waals surface area contributed by atoms with E-state index in [0.717, 1.165) is 29.1 Å². The second-order valence-electron chi connectivity index (χ2n) is 7.25. The minimum atomic E-state index is -0.900. The summed E-state index contributed by atoms with van der Waals surface area (Å²) < 4.78 is 7.71. The van der Waals surface area contributed by atoms with Crippen molar-refractivity contribution >= 4 is 17.6 Å². The van der Waals surface area contributed by atoms with Crippen molar-refractivity contribution in [2.24, 2.45) is 5.92 Å². The van der Waals surface area contributed by atoms with Crippen molar-refractivity contribution in [3.05, 3.63) is 40.0 Å². The molecule has 0 amide bonds.